The lowest BCUT2D eigenvalue weighted by Crippen LogP contribution is -2.18. The predicted octanol–water partition coefficient (Wildman–Crippen LogP) is 2.22. The minimum Gasteiger partial charge on any atom is -0.274 e. The maximum Gasteiger partial charge on any atom is 0.265 e. The molecule has 1 aromatic heterocycles. The SMILES string of the molecule is Cc1c(S(=O)(=O)Nc2c(F)c(F)c(F)c(F)c2F)cnn1C. The van der Waals surface area contributed by atoms with Crippen LogP contribution >= 0.6 is 0 Å². The highest BCUT2D eigenvalue weighted by molar-refractivity contribution is 7.92. The quantitative estimate of drug-likeness (QED) is 0.529. The fourth-order valence-electron chi connectivity index (χ4n) is 1.63. The summed E-state index contributed by atoms with van der Waals surface area (Å²) >= 11 is 0. The number of nitrogens with zero attached hydrogens (tertiary/aromatic N) is 2. The van der Waals surface area contributed by atoms with Gasteiger partial charge in [0, 0.05) is 7.05 Å². The Kier molecular flexibility index (Phi) is 3.85. The molecule has 1 heterocycles. The van der Waals surface area contributed by atoms with E-state index in [1.165, 1.54) is 18.7 Å². The van der Waals surface area contributed by atoms with Crippen LogP contribution in [0.2, 0.25) is 0 Å². The van der Waals surface area contributed by atoms with E-state index < -0.39 is 49.7 Å². The van der Waals surface area contributed by atoms with Crippen LogP contribution in [0.5, 0.6) is 0 Å². The van der Waals surface area contributed by atoms with E-state index in [1.54, 1.807) is 0 Å². The number of rotatable bonds is 3. The van der Waals surface area contributed by atoms with Crippen molar-refractivity contribution < 1.29 is 30.4 Å². The Bertz CT molecular complexity index is 834. The second-order valence-corrected chi connectivity index (χ2v) is 5.92. The normalized spacial score (nSPS) is 11.8. The van der Waals surface area contributed by atoms with Crippen molar-refractivity contribution in [3.05, 3.63) is 41.0 Å². The van der Waals surface area contributed by atoms with Gasteiger partial charge in [0.25, 0.3) is 10.0 Å². The first-order chi connectivity index (χ1) is 10.1. The van der Waals surface area contributed by atoms with Gasteiger partial charge in [0.05, 0.1) is 11.9 Å². The van der Waals surface area contributed by atoms with E-state index in [1.807, 2.05) is 0 Å². The van der Waals surface area contributed by atoms with Crippen LogP contribution in [0.1, 0.15) is 5.69 Å². The van der Waals surface area contributed by atoms with Crippen molar-refractivity contribution in [2.45, 2.75) is 11.8 Å². The Hall–Kier alpha value is -2.17. The molecule has 1 aromatic carbocycles. The molecule has 0 saturated carbocycles. The summed E-state index contributed by atoms with van der Waals surface area (Å²) in [5, 5.41) is 3.62. The fraction of sp³-hybridized carbons (Fsp3) is 0.182. The summed E-state index contributed by atoms with van der Waals surface area (Å²) in [5.74, 6) is -11.4. The number of halogens is 5. The number of hydrogen-bond donors (Lipinski definition) is 1. The number of benzene rings is 1. The lowest BCUT2D eigenvalue weighted by molar-refractivity contribution is 0.382. The standard InChI is InChI=1S/C11H8F5N3O2S/c1-4-5(3-17-19(4)2)22(20,21)18-11-9(15)7(13)6(12)8(14)10(11)16/h3,18H,1-2H3. The van der Waals surface area contributed by atoms with Gasteiger partial charge >= 0.3 is 0 Å². The van der Waals surface area contributed by atoms with Crippen molar-refractivity contribution in [1.82, 2.24) is 9.78 Å². The van der Waals surface area contributed by atoms with Gasteiger partial charge in [-0.3, -0.25) is 9.40 Å². The zero-order valence-corrected chi connectivity index (χ0v) is 11.9. The number of aryl methyl sites for hydroxylation is 1. The van der Waals surface area contributed by atoms with Crippen molar-refractivity contribution >= 4 is 15.7 Å². The van der Waals surface area contributed by atoms with Crippen LogP contribution < -0.4 is 4.72 Å². The lowest BCUT2D eigenvalue weighted by Gasteiger charge is -2.11. The van der Waals surface area contributed by atoms with Crippen LogP contribution in [0.25, 0.3) is 0 Å². The smallest absolute Gasteiger partial charge is 0.265 e. The molecule has 0 aliphatic carbocycles. The van der Waals surface area contributed by atoms with E-state index in [0.29, 0.717) is 0 Å². The van der Waals surface area contributed by atoms with Gasteiger partial charge in [-0.1, -0.05) is 0 Å². The average Bonchev–Trinajstić information content (AvgIpc) is 2.80. The molecule has 0 aliphatic rings. The van der Waals surface area contributed by atoms with Crippen molar-refractivity contribution in [1.29, 1.82) is 0 Å². The van der Waals surface area contributed by atoms with Crippen molar-refractivity contribution in [3.63, 3.8) is 0 Å². The Morgan fingerprint density at radius 1 is 1.00 bits per heavy atom. The Labute approximate surface area is 121 Å². The lowest BCUT2D eigenvalue weighted by atomic mass is 10.2. The molecule has 0 spiro atoms. The van der Waals surface area contributed by atoms with Gasteiger partial charge < -0.3 is 0 Å². The van der Waals surface area contributed by atoms with E-state index in [2.05, 4.69) is 5.10 Å². The summed E-state index contributed by atoms with van der Waals surface area (Å²) in [6, 6.07) is 0. The summed E-state index contributed by atoms with van der Waals surface area (Å²) in [4.78, 5) is -0.459. The molecule has 2 rings (SSSR count). The number of aromatic nitrogens is 2. The van der Waals surface area contributed by atoms with Gasteiger partial charge in [-0.2, -0.15) is 5.10 Å². The molecule has 0 atom stereocenters. The van der Waals surface area contributed by atoms with Crippen molar-refractivity contribution in [2.75, 3.05) is 4.72 Å². The molecule has 120 valence electrons. The molecular weight excluding hydrogens is 333 g/mol. The largest absolute Gasteiger partial charge is 0.274 e. The first-order valence-corrected chi connectivity index (χ1v) is 7.09. The molecule has 0 aliphatic heterocycles. The number of sulfonamides is 1. The van der Waals surface area contributed by atoms with Crippen LogP contribution in [-0.2, 0) is 17.1 Å². The molecule has 5 nitrogen and oxygen atoms in total. The maximum absolute atomic E-state index is 13.5. The van der Waals surface area contributed by atoms with Gasteiger partial charge in [0.2, 0.25) is 5.82 Å². The van der Waals surface area contributed by atoms with Crippen LogP contribution in [0, 0.1) is 36.0 Å². The van der Waals surface area contributed by atoms with Gasteiger partial charge in [-0.05, 0) is 6.92 Å². The zero-order valence-electron chi connectivity index (χ0n) is 11.1. The molecule has 22 heavy (non-hydrogen) atoms. The predicted molar refractivity (Wildman–Crippen MR) is 65.0 cm³/mol. The second kappa shape index (κ2) is 5.23. The summed E-state index contributed by atoms with van der Waals surface area (Å²) in [6.45, 7) is 1.35. The second-order valence-electron chi connectivity index (χ2n) is 4.27. The molecule has 11 heteroatoms. The molecule has 0 fully saturated rings. The van der Waals surface area contributed by atoms with Crippen LogP contribution in [0.3, 0.4) is 0 Å². The molecule has 0 saturated heterocycles. The third-order valence-electron chi connectivity index (χ3n) is 2.93. The van der Waals surface area contributed by atoms with E-state index in [4.69, 9.17) is 0 Å². The molecule has 0 amide bonds. The Morgan fingerprint density at radius 3 is 1.86 bits per heavy atom. The number of nitrogens with one attached hydrogen (secondary N) is 1. The molecule has 0 bridgehead atoms. The highest BCUT2D eigenvalue weighted by atomic mass is 32.2. The molecule has 2 aromatic rings. The van der Waals surface area contributed by atoms with Gasteiger partial charge in [-0.15, -0.1) is 0 Å². The third-order valence-corrected chi connectivity index (χ3v) is 4.38. The summed E-state index contributed by atoms with van der Waals surface area (Å²) in [7, 11) is -3.17. The zero-order chi connectivity index (χ0) is 16.8. The molecule has 1 N–H and O–H groups in total. The third kappa shape index (κ3) is 2.40. The first kappa shape index (κ1) is 16.2. The van der Waals surface area contributed by atoms with E-state index >= 15 is 0 Å². The minimum atomic E-state index is -4.58. The molecular formula is C11H8F5N3O2S. The molecule has 0 radical (unpaired) electrons. The van der Waals surface area contributed by atoms with Crippen molar-refractivity contribution in [2.24, 2.45) is 7.05 Å². The highest BCUT2D eigenvalue weighted by Gasteiger charge is 2.30. The summed E-state index contributed by atoms with van der Waals surface area (Å²) < 4.78 is 92.5. The van der Waals surface area contributed by atoms with Gasteiger partial charge in [-0.25, -0.2) is 30.4 Å². The van der Waals surface area contributed by atoms with Crippen LogP contribution in [0.4, 0.5) is 27.6 Å². The van der Waals surface area contributed by atoms with E-state index in [-0.39, 0.29) is 5.69 Å². The summed E-state index contributed by atoms with van der Waals surface area (Å²) in [6.07, 6.45) is 0.879. The van der Waals surface area contributed by atoms with Crippen LogP contribution in [-0.4, -0.2) is 18.2 Å². The average molecular weight is 341 g/mol. The van der Waals surface area contributed by atoms with Crippen LogP contribution in [0.15, 0.2) is 11.1 Å². The van der Waals surface area contributed by atoms with E-state index in [0.717, 1.165) is 10.9 Å². The van der Waals surface area contributed by atoms with E-state index in [9.17, 15) is 30.4 Å². The number of anilines is 1. The topological polar surface area (TPSA) is 64.0 Å². The monoisotopic (exact) mass is 341 g/mol. The fourth-order valence-corrected chi connectivity index (χ4v) is 2.89. The first-order valence-electron chi connectivity index (χ1n) is 5.60. The number of hydrogen-bond acceptors (Lipinski definition) is 3. The summed E-state index contributed by atoms with van der Waals surface area (Å²) in [5.41, 5.74) is -1.55. The van der Waals surface area contributed by atoms with Crippen molar-refractivity contribution in [3.8, 4) is 0 Å². The Morgan fingerprint density at radius 2 is 1.45 bits per heavy atom. The molecule has 0 unspecified atom stereocenters. The Balaban J connectivity index is 2.59. The van der Waals surface area contributed by atoms with Gasteiger partial charge in [0.15, 0.2) is 23.3 Å². The van der Waals surface area contributed by atoms with Gasteiger partial charge in [0.1, 0.15) is 10.6 Å². The minimum absolute atomic E-state index is 0.108. The maximum atomic E-state index is 13.5. The highest BCUT2D eigenvalue weighted by Crippen LogP contribution is 2.29.